The molecule has 2 aliphatic carbocycles. The Kier molecular flexibility index (Phi) is 15.9. The van der Waals surface area contributed by atoms with Crippen molar-refractivity contribution in [3.05, 3.63) is 59.7 Å². The van der Waals surface area contributed by atoms with Crippen molar-refractivity contribution < 1.29 is 49.8 Å². The molecule has 1 heterocycles. The number of aromatic carboxylic acids is 1. The van der Waals surface area contributed by atoms with Crippen LogP contribution in [0.1, 0.15) is 80.1 Å². The average Bonchev–Trinajstić information content (AvgIpc) is 3.28. The number of Topliss-reactive ketones (excluding diaryl/α,β-unsaturated/α-hetero) is 1. The first-order valence-electron chi connectivity index (χ1n) is 18.4. The number of para-hydroxylation sites is 1. The number of carboxylic acids is 1. The Bertz CT molecular complexity index is 1580. The number of aliphatic hydroxyl groups is 5. The number of aliphatic hydroxyl groups excluding tert-OH is 5. The minimum Gasteiger partial charge on any atom is -0.478 e. The van der Waals surface area contributed by atoms with Crippen LogP contribution in [0.15, 0.2) is 53.6 Å². The number of likely N-dealkylation sites (N-methyl/N-ethyl adjacent to an activating group) is 1. The summed E-state index contributed by atoms with van der Waals surface area (Å²) < 4.78 is 0. The van der Waals surface area contributed by atoms with Crippen molar-refractivity contribution in [2.75, 3.05) is 43.5 Å². The molecule has 8 N–H and O–H groups in total. The number of carboxylic acid groups (broad SMARTS) is 1. The standard InChI is InChI=1S/C31H36N4O5.C7H17NO5/c36-27(21-10-3-1-4-11-21)19-34-26-17-8-7-16-25(26)29(22-12-5-2-6-13-22)33-35(31(34)40)20-28(37)32-24-15-9-14-23(18-24)30(38)39;1-8-2-4(10)6(12)7(13)5(11)3-9/h7-9,14-18,21-22H,1-6,10-13,19-20H2,(H,32,37)(H,38,39);4-13H,2-3H2,1H3/t;4-,5+,6+,7+/m.0/s1. The van der Waals surface area contributed by atoms with Crippen LogP contribution in [0.3, 0.4) is 0 Å². The molecule has 53 heavy (non-hydrogen) atoms. The lowest BCUT2D eigenvalue weighted by atomic mass is 9.82. The fraction of sp³-hybridized carbons (Fsp3) is 0.553. The quantitative estimate of drug-likeness (QED) is 0.140. The maximum atomic E-state index is 14.0. The smallest absolute Gasteiger partial charge is 0.345 e. The maximum Gasteiger partial charge on any atom is 0.345 e. The summed E-state index contributed by atoms with van der Waals surface area (Å²) in [6.45, 7) is -0.998. The molecule has 15 heteroatoms. The highest BCUT2D eigenvalue weighted by atomic mass is 16.4. The van der Waals surface area contributed by atoms with Crippen LogP contribution < -0.4 is 15.5 Å². The fourth-order valence-corrected chi connectivity index (χ4v) is 7.00. The molecule has 2 aromatic rings. The number of nitrogens with one attached hydrogen (secondary N) is 2. The van der Waals surface area contributed by atoms with Gasteiger partial charge in [0.25, 0.3) is 0 Å². The molecule has 0 saturated heterocycles. The van der Waals surface area contributed by atoms with Crippen LogP contribution in [0.4, 0.5) is 16.2 Å². The number of hydrogen-bond acceptors (Lipinski definition) is 11. The summed E-state index contributed by atoms with van der Waals surface area (Å²) in [6, 6.07) is 13.0. The van der Waals surface area contributed by atoms with Crippen molar-refractivity contribution >= 4 is 40.8 Å². The Hall–Kier alpha value is -4.25. The number of hydrogen-bond donors (Lipinski definition) is 8. The number of nitrogens with zero attached hydrogens (tertiary/aromatic N) is 3. The zero-order valence-corrected chi connectivity index (χ0v) is 30.1. The molecule has 0 radical (unpaired) electrons. The van der Waals surface area contributed by atoms with Crippen molar-refractivity contribution in [3.8, 4) is 0 Å². The highest BCUT2D eigenvalue weighted by Gasteiger charge is 2.36. The number of amides is 3. The largest absolute Gasteiger partial charge is 0.478 e. The van der Waals surface area contributed by atoms with E-state index in [1.165, 1.54) is 22.0 Å². The predicted molar refractivity (Wildman–Crippen MR) is 198 cm³/mol. The number of benzene rings is 2. The van der Waals surface area contributed by atoms with E-state index in [1.54, 1.807) is 19.2 Å². The lowest BCUT2D eigenvalue weighted by Gasteiger charge is -2.28. The summed E-state index contributed by atoms with van der Waals surface area (Å²) >= 11 is 0. The molecule has 4 atom stereocenters. The third-order valence-corrected chi connectivity index (χ3v) is 9.94. The van der Waals surface area contributed by atoms with E-state index in [0.29, 0.717) is 11.4 Å². The summed E-state index contributed by atoms with van der Waals surface area (Å²) in [7, 11) is 1.57. The van der Waals surface area contributed by atoms with Crippen LogP contribution in [-0.4, -0.2) is 123 Å². The lowest BCUT2D eigenvalue weighted by Crippen LogP contribution is -2.48. The van der Waals surface area contributed by atoms with E-state index < -0.39 is 48.9 Å². The summed E-state index contributed by atoms with van der Waals surface area (Å²) in [5.74, 6) is -1.48. The van der Waals surface area contributed by atoms with E-state index in [9.17, 15) is 29.4 Å². The third-order valence-electron chi connectivity index (χ3n) is 9.94. The molecule has 0 aromatic heterocycles. The van der Waals surface area contributed by atoms with Gasteiger partial charge in [0.1, 0.15) is 24.9 Å². The minimum absolute atomic E-state index is 0.0406. The highest BCUT2D eigenvalue weighted by Crippen LogP contribution is 2.35. The summed E-state index contributed by atoms with van der Waals surface area (Å²) in [5.41, 5.74) is 2.62. The second kappa shape index (κ2) is 20.3. The highest BCUT2D eigenvalue weighted by molar-refractivity contribution is 6.13. The van der Waals surface area contributed by atoms with E-state index in [-0.39, 0.29) is 42.8 Å². The average molecular weight is 740 g/mol. The Labute approximate surface area is 309 Å². The van der Waals surface area contributed by atoms with Gasteiger partial charge in [-0.1, -0.05) is 62.8 Å². The first-order valence-corrected chi connectivity index (χ1v) is 18.4. The van der Waals surface area contributed by atoms with Crippen molar-refractivity contribution in [1.82, 2.24) is 10.3 Å². The molecule has 3 aliphatic rings. The minimum atomic E-state index is -1.55. The predicted octanol–water partition coefficient (Wildman–Crippen LogP) is 2.34. The molecule has 290 valence electrons. The van der Waals surface area contributed by atoms with Gasteiger partial charge in [-0.05, 0) is 57.0 Å². The van der Waals surface area contributed by atoms with Gasteiger partial charge in [-0.2, -0.15) is 5.10 Å². The van der Waals surface area contributed by atoms with Crippen LogP contribution in [0, 0.1) is 11.8 Å². The number of ketones is 1. The van der Waals surface area contributed by atoms with Gasteiger partial charge in [-0.3, -0.25) is 14.5 Å². The zero-order chi connectivity index (χ0) is 38.5. The number of urea groups is 1. The molecule has 0 spiro atoms. The van der Waals surface area contributed by atoms with Crippen molar-refractivity contribution in [1.29, 1.82) is 0 Å². The molecular weight excluding hydrogens is 686 g/mol. The first kappa shape index (κ1) is 41.5. The number of rotatable bonds is 14. The molecule has 2 aromatic carbocycles. The van der Waals surface area contributed by atoms with Gasteiger partial charge in [0, 0.05) is 29.6 Å². The number of anilines is 2. The van der Waals surface area contributed by atoms with Crippen LogP contribution in [-0.2, 0) is 9.59 Å². The molecule has 0 bridgehead atoms. The molecule has 15 nitrogen and oxygen atoms in total. The van der Waals surface area contributed by atoms with Gasteiger partial charge < -0.3 is 41.3 Å². The normalized spacial score (nSPS) is 19.1. The van der Waals surface area contributed by atoms with E-state index in [4.69, 9.17) is 25.5 Å². The Morgan fingerprint density at radius 3 is 2.13 bits per heavy atom. The van der Waals surface area contributed by atoms with Gasteiger partial charge in [0.2, 0.25) is 5.91 Å². The second-order valence-electron chi connectivity index (χ2n) is 13.9. The molecular formula is C38H53N5O10. The van der Waals surface area contributed by atoms with Crippen molar-refractivity contribution in [3.63, 3.8) is 0 Å². The second-order valence-corrected chi connectivity index (χ2v) is 13.9. The van der Waals surface area contributed by atoms with E-state index in [2.05, 4.69) is 10.6 Å². The molecule has 3 amide bonds. The molecule has 1 aliphatic heterocycles. The van der Waals surface area contributed by atoms with Crippen LogP contribution in [0.2, 0.25) is 0 Å². The first-order chi connectivity index (χ1) is 25.4. The van der Waals surface area contributed by atoms with Gasteiger partial charge in [0.05, 0.1) is 36.2 Å². The maximum absolute atomic E-state index is 14.0. The fourth-order valence-electron chi connectivity index (χ4n) is 7.00. The van der Waals surface area contributed by atoms with Crippen molar-refractivity contribution in [2.45, 2.75) is 88.6 Å². The monoisotopic (exact) mass is 739 g/mol. The number of carbonyl (C=O) groups is 4. The van der Waals surface area contributed by atoms with E-state index in [0.717, 1.165) is 75.5 Å². The van der Waals surface area contributed by atoms with E-state index in [1.807, 2.05) is 24.3 Å². The molecule has 5 rings (SSSR count). The summed E-state index contributed by atoms with van der Waals surface area (Å²) in [6.07, 6.45) is 4.41. The van der Waals surface area contributed by atoms with Crippen LogP contribution in [0.25, 0.3) is 0 Å². The summed E-state index contributed by atoms with van der Waals surface area (Å²) in [5, 5.41) is 65.4. The van der Waals surface area contributed by atoms with Crippen LogP contribution in [0.5, 0.6) is 0 Å². The van der Waals surface area contributed by atoms with E-state index >= 15 is 0 Å². The Balaban J connectivity index is 0.000000413. The SMILES string of the molecule is CNC[C@H](O)[C@@H](O)[C@H](O)[C@H](O)CO.O=C(CN1N=C(C2CCCCC2)c2ccccc2N(CC(=O)C2CCCCC2)C1=O)Nc1cccc(C(=O)O)c1. The van der Waals surface area contributed by atoms with Gasteiger partial charge in [-0.15, -0.1) is 0 Å². The zero-order valence-electron chi connectivity index (χ0n) is 30.1. The number of fused-ring (bicyclic) bond motifs is 1. The molecule has 0 unspecified atom stereocenters. The molecule has 2 saturated carbocycles. The lowest BCUT2D eigenvalue weighted by molar-refractivity contribution is -0.122. The van der Waals surface area contributed by atoms with Crippen molar-refractivity contribution in [2.24, 2.45) is 16.9 Å². The Morgan fingerprint density at radius 1 is 0.849 bits per heavy atom. The topological polar surface area (TPSA) is 233 Å². The van der Waals surface area contributed by atoms with Crippen LogP contribution >= 0.6 is 0 Å². The molecule has 2 fully saturated rings. The summed E-state index contributed by atoms with van der Waals surface area (Å²) in [4.78, 5) is 53.4. The van der Waals surface area contributed by atoms with Gasteiger partial charge in [-0.25, -0.2) is 14.6 Å². The number of hydrazone groups is 1. The van der Waals surface area contributed by atoms with Gasteiger partial charge >= 0.3 is 12.0 Å². The number of carbonyl (C=O) groups excluding carboxylic acids is 3. The van der Waals surface area contributed by atoms with Gasteiger partial charge in [0.15, 0.2) is 5.78 Å². The Morgan fingerprint density at radius 2 is 1.49 bits per heavy atom. The third kappa shape index (κ3) is 11.4.